The van der Waals surface area contributed by atoms with Gasteiger partial charge in [-0.25, -0.2) is 0 Å². The van der Waals surface area contributed by atoms with Gasteiger partial charge in [0.1, 0.15) is 0 Å². The van der Waals surface area contributed by atoms with Crippen LogP contribution in [0.25, 0.3) is 6.08 Å². The number of ether oxygens (including phenoxy) is 1. The van der Waals surface area contributed by atoms with Crippen molar-refractivity contribution in [2.45, 2.75) is 19.8 Å². The fourth-order valence-corrected chi connectivity index (χ4v) is 3.13. The summed E-state index contributed by atoms with van der Waals surface area (Å²) in [5.74, 6) is 0. The van der Waals surface area contributed by atoms with Gasteiger partial charge in [-0.05, 0) is 0 Å². The van der Waals surface area contributed by atoms with Crippen molar-refractivity contribution in [3.8, 4) is 0 Å². The van der Waals surface area contributed by atoms with E-state index < -0.39 is 0 Å². The van der Waals surface area contributed by atoms with Crippen LogP contribution in [0.4, 0.5) is 0 Å². The van der Waals surface area contributed by atoms with Gasteiger partial charge in [0, 0.05) is 0 Å². The predicted molar refractivity (Wildman–Crippen MR) is 101 cm³/mol. The molecule has 0 aliphatic carbocycles. The molecule has 0 unspecified atom stereocenters. The molecule has 0 N–H and O–H groups in total. The van der Waals surface area contributed by atoms with Crippen LogP contribution in [0.2, 0.25) is 0 Å². The second-order valence-electron chi connectivity index (χ2n) is 4.76. The molecule has 7 nitrogen and oxygen atoms in total. The fraction of sp³-hybridized carbons (Fsp3) is 0.273. The molecule has 0 saturated carbocycles. The van der Waals surface area contributed by atoms with Crippen molar-refractivity contribution in [3.63, 3.8) is 0 Å². The second kappa shape index (κ2) is 31.4. The normalized spacial score (nSPS) is 11.0. The van der Waals surface area contributed by atoms with E-state index in [1.54, 1.807) is 0 Å². The number of hydrogen-bond acceptors (Lipinski definition) is 2. The first-order valence-electron chi connectivity index (χ1n) is 8.18. The SMILES string of the molecule is CCO[C](=[W])/C=C(\C=C\c1ccccc1)N1CCCC1.[C-]#[O+].[C-]#[O+].[C-]#[O+].[C-]#[O+].[C-]#[O+]. The Kier molecular flexibility index (Phi) is 36.8. The Morgan fingerprint density at radius 1 is 0.933 bits per heavy atom. The summed E-state index contributed by atoms with van der Waals surface area (Å²) in [7, 11) is 0. The molecule has 1 saturated heterocycles. The van der Waals surface area contributed by atoms with Gasteiger partial charge in [-0.2, -0.15) is 0 Å². The molecule has 1 aliphatic rings. The maximum atomic E-state index is 7.50. The van der Waals surface area contributed by atoms with Gasteiger partial charge in [0.25, 0.3) is 0 Å². The van der Waals surface area contributed by atoms with E-state index in [0.717, 1.165) is 23.8 Å². The maximum absolute atomic E-state index is 7.50. The molecule has 0 spiro atoms. The molecule has 1 fully saturated rings. The van der Waals surface area contributed by atoms with Gasteiger partial charge < -0.3 is 0 Å². The molecule has 0 aromatic heterocycles. The summed E-state index contributed by atoms with van der Waals surface area (Å²) < 4.78 is 44.2. The Balaban J connectivity index is -0.000000296. The first-order chi connectivity index (χ1) is 14.8. The molecule has 0 atom stereocenters. The van der Waals surface area contributed by atoms with Crippen LogP contribution in [0, 0.1) is 33.3 Å². The van der Waals surface area contributed by atoms with E-state index >= 15 is 0 Å². The van der Waals surface area contributed by atoms with E-state index in [-0.39, 0.29) is 0 Å². The Morgan fingerprint density at radius 3 is 1.83 bits per heavy atom. The summed E-state index contributed by atoms with van der Waals surface area (Å²) in [5.41, 5.74) is 2.50. The quantitative estimate of drug-likeness (QED) is 0.293. The van der Waals surface area contributed by atoms with Gasteiger partial charge in [0.15, 0.2) is 0 Å². The summed E-state index contributed by atoms with van der Waals surface area (Å²) in [4.78, 5) is 2.45. The van der Waals surface area contributed by atoms with Gasteiger partial charge in [-0.1, -0.05) is 0 Å². The van der Waals surface area contributed by atoms with E-state index in [2.05, 4.69) is 80.6 Å². The molecule has 1 heterocycles. The fourth-order valence-electron chi connectivity index (χ4n) is 2.27. The summed E-state index contributed by atoms with van der Waals surface area (Å²) in [6.45, 7) is 27.6. The molecule has 0 bridgehead atoms. The summed E-state index contributed by atoms with van der Waals surface area (Å²) in [6.07, 6.45) is 9.15. The van der Waals surface area contributed by atoms with Crippen LogP contribution in [0.15, 0.2) is 48.2 Å². The first-order valence-corrected chi connectivity index (χ1v) is 9.65. The third kappa shape index (κ3) is 19.1. The zero-order chi connectivity index (χ0) is 24.2. The molecular formula is C22H21NO6W. The van der Waals surface area contributed by atoms with E-state index in [1.165, 1.54) is 43.5 Å². The van der Waals surface area contributed by atoms with Gasteiger partial charge in [-0.3, -0.25) is 0 Å². The number of benzene rings is 1. The third-order valence-corrected chi connectivity index (χ3v) is 4.12. The molecule has 2 rings (SSSR count). The van der Waals surface area contributed by atoms with E-state index in [0.29, 0.717) is 0 Å². The van der Waals surface area contributed by atoms with Crippen LogP contribution >= 0.6 is 0 Å². The number of allylic oxidation sites excluding steroid dienone is 1. The molecule has 0 radical (unpaired) electrons. The standard InChI is InChI=1S/C17H21NO.5CO.W/c1-2-19-15-12-17(18-13-6-7-14-18)11-10-16-8-4-3-5-9-16;5*1-2;/h3-5,8-12H,2,6-7,13-14H2,1H3;;;;;;/b11-10+,17-12+;;;;;;. The average molecular weight is 579 g/mol. The van der Waals surface area contributed by atoms with Gasteiger partial charge >= 0.3 is 189 Å². The minimum absolute atomic E-state index is 0.741. The van der Waals surface area contributed by atoms with Crippen LogP contribution in [0.3, 0.4) is 0 Å². The molecule has 0 amide bonds. The van der Waals surface area contributed by atoms with Crippen molar-refractivity contribution in [2.24, 2.45) is 0 Å². The van der Waals surface area contributed by atoms with Crippen LogP contribution in [0.1, 0.15) is 25.3 Å². The van der Waals surface area contributed by atoms with Crippen LogP contribution < -0.4 is 0 Å². The van der Waals surface area contributed by atoms with Crippen molar-refractivity contribution in [2.75, 3.05) is 19.7 Å². The summed E-state index contributed by atoms with van der Waals surface area (Å²) in [5, 5.41) is 0. The zero-order valence-electron chi connectivity index (χ0n) is 16.5. The van der Waals surface area contributed by atoms with Crippen molar-refractivity contribution >= 4 is 10.2 Å². The van der Waals surface area contributed by atoms with Crippen molar-refractivity contribution in [3.05, 3.63) is 87.0 Å². The molecule has 1 aromatic rings. The Bertz CT molecular complexity index is 661. The predicted octanol–water partition coefficient (Wildman–Crippen LogP) is 3.21. The summed E-state index contributed by atoms with van der Waals surface area (Å²) >= 11 is 1.38. The Morgan fingerprint density at radius 2 is 1.40 bits per heavy atom. The number of likely N-dealkylation sites (tertiary alicyclic amines) is 1. The van der Waals surface area contributed by atoms with Gasteiger partial charge in [-0.15, -0.1) is 0 Å². The average Bonchev–Trinajstić information content (AvgIpc) is 3.39. The minimum atomic E-state index is 0.741. The van der Waals surface area contributed by atoms with Crippen molar-refractivity contribution < 1.29 is 47.4 Å². The van der Waals surface area contributed by atoms with Crippen molar-refractivity contribution in [1.82, 2.24) is 4.90 Å². The van der Waals surface area contributed by atoms with E-state index in [9.17, 15) is 0 Å². The molecule has 1 aromatic carbocycles. The molecule has 8 heteroatoms. The van der Waals surface area contributed by atoms with Crippen LogP contribution in [0.5, 0.6) is 0 Å². The first kappa shape index (κ1) is 35.2. The van der Waals surface area contributed by atoms with Crippen LogP contribution in [-0.4, -0.2) is 28.7 Å². The molecular weight excluding hydrogens is 558 g/mol. The van der Waals surface area contributed by atoms with E-state index in [1.807, 2.05) is 13.0 Å². The van der Waals surface area contributed by atoms with Crippen LogP contribution in [-0.2, 0) is 47.4 Å². The zero-order valence-corrected chi connectivity index (χ0v) is 19.4. The third-order valence-electron chi connectivity index (χ3n) is 3.27. The molecule has 156 valence electrons. The summed E-state index contributed by atoms with van der Waals surface area (Å²) in [6, 6.07) is 10.4. The number of rotatable bonds is 6. The number of hydrogen-bond donors (Lipinski definition) is 0. The molecule has 1 aliphatic heterocycles. The van der Waals surface area contributed by atoms with E-state index in [4.69, 9.17) is 28.0 Å². The monoisotopic (exact) mass is 579 g/mol. The van der Waals surface area contributed by atoms with Crippen molar-refractivity contribution in [1.29, 1.82) is 0 Å². The number of nitrogens with zero attached hydrogens (tertiary/aromatic N) is 1. The molecule has 30 heavy (non-hydrogen) atoms. The Hall–Kier alpha value is -2.28. The topological polar surface area (TPSA) is 112 Å². The van der Waals surface area contributed by atoms with Gasteiger partial charge in [0.2, 0.25) is 0 Å². The Labute approximate surface area is 188 Å². The second-order valence-corrected chi connectivity index (χ2v) is 6.21. The van der Waals surface area contributed by atoms with Gasteiger partial charge in [0.05, 0.1) is 0 Å².